The highest BCUT2D eigenvalue weighted by atomic mass is 35.5. The van der Waals surface area contributed by atoms with Crippen molar-refractivity contribution in [3.05, 3.63) is 89.4 Å². The Labute approximate surface area is 360 Å². The van der Waals surface area contributed by atoms with Crippen LogP contribution in [0.15, 0.2) is 78.9 Å². The zero-order chi connectivity index (χ0) is 44.7. The summed E-state index contributed by atoms with van der Waals surface area (Å²) < 4.78 is 34.9. The van der Waals surface area contributed by atoms with Crippen LogP contribution in [0.2, 0.25) is 5.02 Å². The van der Waals surface area contributed by atoms with Crippen LogP contribution >= 0.6 is 11.6 Å². The molecule has 14 atom stereocenters. The van der Waals surface area contributed by atoms with Crippen LogP contribution in [0.1, 0.15) is 30.1 Å². The number of carboxylic acids is 1. The summed E-state index contributed by atoms with van der Waals surface area (Å²) in [6, 6.07) is 21.2. The van der Waals surface area contributed by atoms with E-state index in [0.717, 1.165) is 18.1 Å². The molecule has 2 amide bonds. The van der Waals surface area contributed by atoms with E-state index in [4.69, 9.17) is 40.0 Å². The van der Waals surface area contributed by atoms with Crippen LogP contribution in [0.5, 0.6) is 5.75 Å². The van der Waals surface area contributed by atoms with Gasteiger partial charge in [0, 0.05) is 37.1 Å². The minimum Gasteiger partial charge on any atom is -0.491 e. The van der Waals surface area contributed by atoms with E-state index in [-0.39, 0.29) is 25.2 Å². The summed E-state index contributed by atoms with van der Waals surface area (Å²) in [5.41, 5.74) is 2.15. The van der Waals surface area contributed by atoms with Gasteiger partial charge in [-0.1, -0.05) is 54.1 Å². The van der Waals surface area contributed by atoms with Crippen molar-refractivity contribution in [2.24, 2.45) is 0 Å². The monoisotopic (exact) mass is 890 g/mol. The molecule has 6 rings (SSSR count). The SMILES string of the molecule is CC(=O)N[C@H]1[C@H]([C@@H](O)[C@H](O)CNC(=O)c2ccc(Cl)cc2)O[C@@](O[C@H]2[C@@H](O)[C@@H](CO)O[C@@H](O[C@@H]3CCO[C@H](COc4ccc(-c5ccccc5)cc4)[C@@H]3O)[C@@H]2O)(C(=O)O)C[C@@H]1O. The van der Waals surface area contributed by atoms with Gasteiger partial charge in [0.1, 0.15) is 61.2 Å². The van der Waals surface area contributed by atoms with Gasteiger partial charge in [-0.05, 0) is 53.9 Å². The minimum absolute atomic E-state index is 0.0845. The highest BCUT2D eigenvalue weighted by Crippen LogP contribution is 2.38. The van der Waals surface area contributed by atoms with E-state index in [1.165, 1.54) is 24.3 Å². The Kier molecular flexibility index (Phi) is 15.9. The lowest BCUT2D eigenvalue weighted by Crippen LogP contribution is -2.70. The fourth-order valence-corrected chi connectivity index (χ4v) is 7.68. The molecule has 10 N–H and O–H groups in total. The van der Waals surface area contributed by atoms with Crippen LogP contribution in [-0.4, -0.2) is 170 Å². The number of ether oxygens (including phenoxy) is 6. The number of hydrogen-bond acceptors (Lipinski definition) is 16. The van der Waals surface area contributed by atoms with Gasteiger partial charge < -0.3 is 79.9 Å². The fraction of sp³-hybridized carbons (Fsp3) is 0.500. The van der Waals surface area contributed by atoms with Crippen molar-refractivity contribution in [2.45, 2.75) is 105 Å². The Morgan fingerprint density at radius 3 is 2.23 bits per heavy atom. The van der Waals surface area contributed by atoms with Crippen LogP contribution < -0.4 is 15.4 Å². The van der Waals surface area contributed by atoms with Gasteiger partial charge in [-0.25, -0.2) is 4.79 Å². The summed E-state index contributed by atoms with van der Waals surface area (Å²) in [7, 11) is 0. The summed E-state index contributed by atoms with van der Waals surface area (Å²) in [6.07, 6.45) is -21.3. The van der Waals surface area contributed by atoms with E-state index in [0.29, 0.717) is 10.8 Å². The highest BCUT2D eigenvalue weighted by Gasteiger charge is 2.59. The lowest BCUT2D eigenvalue weighted by Gasteiger charge is -2.50. The molecule has 0 spiro atoms. The molecule has 3 heterocycles. The molecule has 3 aliphatic heterocycles. The fourth-order valence-electron chi connectivity index (χ4n) is 7.55. The number of benzene rings is 3. The number of rotatable bonds is 16. The Morgan fingerprint density at radius 2 is 1.58 bits per heavy atom. The van der Waals surface area contributed by atoms with Crippen molar-refractivity contribution in [1.29, 1.82) is 0 Å². The zero-order valence-corrected chi connectivity index (χ0v) is 34.1. The highest BCUT2D eigenvalue weighted by molar-refractivity contribution is 6.30. The molecular weight excluding hydrogens is 840 g/mol. The third kappa shape index (κ3) is 11.1. The maximum atomic E-state index is 13.1. The maximum Gasteiger partial charge on any atom is 0.364 e. The van der Waals surface area contributed by atoms with E-state index in [1.54, 1.807) is 12.1 Å². The number of aliphatic hydroxyl groups is 7. The number of carboxylic acid groups (broad SMARTS) is 1. The first-order valence-corrected chi connectivity index (χ1v) is 20.3. The first-order chi connectivity index (χ1) is 29.6. The average Bonchev–Trinajstić information content (AvgIpc) is 3.26. The first-order valence-electron chi connectivity index (χ1n) is 19.9. The van der Waals surface area contributed by atoms with Gasteiger partial charge >= 0.3 is 5.97 Å². The largest absolute Gasteiger partial charge is 0.491 e. The quantitative estimate of drug-likeness (QED) is 0.0854. The minimum atomic E-state index is -3.00. The number of carbonyl (C=O) groups excluding carboxylic acids is 2. The van der Waals surface area contributed by atoms with E-state index in [2.05, 4.69) is 10.6 Å². The maximum absolute atomic E-state index is 13.1. The molecule has 3 aliphatic rings. The number of halogens is 1. The molecule has 0 bridgehead atoms. The summed E-state index contributed by atoms with van der Waals surface area (Å²) in [6.45, 7) is -0.435. The number of nitrogens with one attached hydrogen (secondary N) is 2. The summed E-state index contributed by atoms with van der Waals surface area (Å²) in [4.78, 5) is 37.9. The number of hydrogen-bond donors (Lipinski definition) is 10. The van der Waals surface area contributed by atoms with Crippen molar-refractivity contribution in [1.82, 2.24) is 10.6 Å². The molecule has 338 valence electrons. The molecule has 0 saturated carbocycles. The van der Waals surface area contributed by atoms with Gasteiger partial charge in [0.2, 0.25) is 5.91 Å². The number of aliphatic carboxylic acids is 1. The topological polar surface area (TPSA) is 292 Å². The van der Waals surface area contributed by atoms with Crippen molar-refractivity contribution >= 4 is 29.4 Å². The Hall–Kier alpha value is -4.32. The number of aliphatic hydroxyl groups excluding tert-OH is 7. The average molecular weight is 891 g/mol. The summed E-state index contributed by atoms with van der Waals surface area (Å²) in [5, 5.41) is 93.5. The standard InChI is InChI=1S/C42H51ClN2O17/c1-21(47)45-32-27(48)17-42(41(55)56,61-37(32)33(50)28(49)18-44-39(54)24-7-11-25(43)12-8-24)62-38-35(52)30(19-46)60-40(36(38)53)59-29-15-16-57-31(34(29)51)20-58-26-13-9-23(10-14-26)22-5-3-2-4-6-22/h2-14,27-38,40,46,48-53H,15-20H2,1H3,(H,44,54)(H,45,47)(H,55,56)/t27-,28+,29+,30+,31+,32+,33-,34+,35-,36+,37+,38-,40+,42-/m0/s1. The number of carbonyl (C=O) groups is 3. The lowest BCUT2D eigenvalue weighted by molar-refractivity contribution is -0.376. The van der Waals surface area contributed by atoms with Gasteiger partial charge in [-0.3, -0.25) is 9.59 Å². The van der Waals surface area contributed by atoms with E-state index in [1.807, 2.05) is 42.5 Å². The van der Waals surface area contributed by atoms with Crippen LogP contribution in [0.25, 0.3) is 11.1 Å². The lowest BCUT2D eigenvalue weighted by atomic mass is 9.88. The van der Waals surface area contributed by atoms with Crippen LogP contribution in [0, 0.1) is 0 Å². The Morgan fingerprint density at radius 1 is 0.903 bits per heavy atom. The van der Waals surface area contributed by atoms with Crippen LogP contribution in [-0.2, 0) is 33.3 Å². The van der Waals surface area contributed by atoms with Crippen molar-refractivity contribution in [3.8, 4) is 16.9 Å². The molecule has 19 nitrogen and oxygen atoms in total. The first kappa shape index (κ1) is 47.2. The third-order valence-electron chi connectivity index (χ3n) is 10.9. The number of amides is 2. The molecule has 0 radical (unpaired) electrons. The molecule has 0 aromatic heterocycles. The Bertz CT molecular complexity index is 1950. The molecule has 62 heavy (non-hydrogen) atoms. The third-order valence-corrected chi connectivity index (χ3v) is 11.2. The van der Waals surface area contributed by atoms with Gasteiger partial charge in [0.25, 0.3) is 11.7 Å². The molecule has 20 heteroatoms. The van der Waals surface area contributed by atoms with E-state index >= 15 is 0 Å². The van der Waals surface area contributed by atoms with Crippen LogP contribution in [0.4, 0.5) is 0 Å². The summed E-state index contributed by atoms with van der Waals surface area (Å²) >= 11 is 5.88. The molecule has 3 aromatic rings. The van der Waals surface area contributed by atoms with Gasteiger partial charge in [0.15, 0.2) is 6.29 Å². The van der Waals surface area contributed by atoms with Gasteiger partial charge in [-0.2, -0.15) is 0 Å². The zero-order valence-electron chi connectivity index (χ0n) is 33.4. The molecule has 0 unspecified atom stereocenters. The van der Waals surface area contributed by atoms with Crippen LogP contribution in [0.3, 0.4) is 0 Å². The Balaban J connectivity index is 1.14. The second kappa shape index (κ2) is 20.9. The van der Waals surface area contributed by atoms with Crippen molar-refractivity contribution in [2.75, 3.05) is 26.4 Å². The molecule has 3 aromatic carbocycles. The second-order valence-corrected chi connectivity index (χ2v) is 15.7. The molecule has 0 aliphatic carbocycles. The summed E-state index contributed by atoms with van der Waals surface area (Å²) in [5.74, 6) is -5.81. The van der Waals surface area contributed by atoms with Gasteiger partial charge in [0.05, 0.1) is 31.0 Å². The van der Waals surface area contributed by atoms with Crippen molar-refractivity contribution < 1.29 is 83.7 Å². The predicted molar refractivity (Wildman–Crippen MR) is 215 cm³/mol. The van der Waals surface area contributed by atoms with Gasteiger partial charge in [-0.15, -0.1) is 0 Å². The van der Waals surface area contributed by atoms with E-state index in [9.17, 15) is 55.2 Å². The smallest absolute Gasteiger partial charge is 0.364 e. The molecular formula is C42H51ClN2O17. The second-order valence-electron chi connectivity index (χ2n) is 15.3. The molecule has 3 saturated heterocycles. The predicted octanol–water partition coefficient (Wildman–Crippen LogP) is -0.668. The van der Waals surface area contributed by atoms with E-state index < -0.39 is 123 Å². The molecule has 3 fully saturated rings. The van der Waals surface area contributed by atoms with Crippen molar-refractivity contribution in [3.63, 3.8) is 0 Å². The normalized spacial score (nSPS) is 32.2.